The first kappa shape index (κ1) is 15.6. The number of rotatable bonds is 6. The predicted molar refractivity (Wildman–Crippen MR) is 79.2 cm³/mol. The summed E-state index contributed by atoms with van der Waals surface area (Å²) in [4.78, 5) is 23.1. The van der Waals surface area contributed by atoms with Crippen LogP contribution in [0.15, 0.2) is 34.7 Å². The number of carboxylic acids is 1. The highest BCUT2D eigenvalue weighted by atomic mass is 16.5. The molecule has 0 aliphatic rings. The Morgan fingerprint density at radius 3 is 2.68 bits per heavy atom. The molecule has 0 fully saturated rings. The van der Waals surface area contributed by atoms with Crippen LogP contribution < -0.4 is 10.1 Å². The lowest BCUT2D eigenvalue weighted by Crippen LogP contribution is -2.22. The van der Waals surface area contributed by atoms with Gasteiger partial charge in [-0.25, -0.2) is 4.79 Å². The number of carbonyl (C=O) groups is 2. The molecule has 0 radical (unpaired) electrons. The number of methoxy groups -OCH3 is 1. The molecular formula is C16H17NO5. The monoisotopic (exact) mass is 303 g/mol. The number of amides is 1. The van der Waals surface area contributed by atoms with Crippen molar-refractivity contribution in [3.63, 3.8) is 0 Å². The molecule has 116 valence electrons. The molecule has 1 heterocycles. The highest BCUT2D eigenvalue weighted by Crippen LogP contribution is 2.17. The average Bonchev–Trinajstić information content (AvgIpc) is 2.97. The van der Waals surface area contributed by atoms with Gasteiger partial charge in [0.2, 0.25) is 0 Å². The van der Waals surface area contributed by atoms with Gasteiger partial charge in [-0.05, 0) is 17.7 Å². The summed E-state index contributed by atoms with van der Waals surface area (Å²) in [5.41, 5.74) is 0.891. The van der Waals surface area contributed by atoms with Gasteiger partial charge in [0.1, 0.15) is 17.1 Å². The number of furan rings is 1. The van der Waals surface area contributed by atoms with Gasteiger partial charge < -0.3 is 19.6 Å². The lowest BCUT2D eigenvalue weighted by atomic mass is 10.2. The Morgan fingerprint density at radius 2 is 2.09 bits per heavy atom. The number of hydrogen-bond donors (Lipinski definition) is 2. The normalized spacial score (nSPS) is 10.3. The number of aromatic carboxylic acids is 1. The SMILES string of the molecule is CCc1oc(C(=O)NCc2cccc(OC)c2)cc1C(=O)O. The molecule has 2 rings (SSSR count). The van der Waals surface area contributed by atoms with Crippen LogP contribution >= 0.6 is 0 Å². The Balaban J connectivity index is 2.07. The van der Waals surface area contributed by atoms with E-state index in [1.165, 1.54) is 6.07 Å². The number of benzene rings is 1. The summed E-state index contributed by atoms with van der Waals surface area (Å²) in [5.74, 6) is -0.570. The standard InChI is InChI=1S/C16H17NO5/c1-3-13-12(16(19)20)8-14(22-13)15(18)17-9-10-5-4-6-11(7-10)21-2/h4-8H,3,9H2,1-2H3,(H,17,18)(H,19,20). The molecule has 22 heavy (non-hydrogen) atoms. The smallest absolute Gasteiger partial charge is 0.339 e. The van der Waals surface area contributed by atoms with E-state index in [1.807, 2.05) is 24.3 Å². The minimum Gasteiger partial charge on any atom is -0.497 e. The van der Waals surface area contributed by atoms with Gasteiger partial charge in [0.15, 0.2) is 5.76 Å². The summed E-state index contributed by atoms with van der Waals surface area (Å²) >= 11 is 0. The zero-order valence-electron chi connectivity index (χ0n) is 12.4. The third-order valence-corrected chi connectivity index (χ3v) is 3.17. The van der Waals surface area contributed by atoms with Crippen molar-refractivity contribution < 1.29 is 23.8 Å². The van der Waals surface area contributed by atoms with E-state index in [2.05, 4.69) is 5.32 Å². The first-order valence-electron chi connectivity index (χ1n) is 6.82. The molecule has 0 bridgehead atoms. The number of carbonyl (C=O) groups excluding carboxylic acids is 1. The molecule has 0 spiro atoms. The van der Waals surface area contributed by atoms with Crippen LogP contribution in [0.1, 0.15) is 39.2 Å². The maximum absolute atomic E-state index is 12.0. The van der Waals surface area contributed by atoms with E-state index in [0.29, 0.717) is 24.5 Å². The van der Waals surface area contributed by atoms with Crippen LogP contribution in [0, 0.1) is 0 Å². The molecule has 1 aromatic carbocycles. The van der Waals surface area contributed by atoms with Crippen molar-refractivity contribution in [1.29, 1.82) is 0 Å². The van der Waals surface area contributed by atoms with Crippen LogP contribution in [0.25, 0.3) is 0 Å². The van der Waals surface area contributed by atoms with Crippen molar-refractivity contribution in [1.82, 2.24) is 5.32 Å². The molecule has 0 atom stereocenters. The minimum atomic E-state index is -1.10. The highest BCUT2D eigenvalue weighted by molar-refractivity contribution is 5.96. The summed E-state index contributed by atoms with van der Waals surface area (Å²) in [6, 6.07) is 8.55. The van der Waals surface area contributed by atoms with Crippen molar-refractivity contribution in [2.45, 2.75) is 19.9 Å². The molecule has 0 saturated carbocycles. The Hall–Kier alpha value is -2.76. The van der Waals surface area contributed by atoms with Crippen molar-refractivity contribution in [2.24, 2.45) is 0 Å². The van der Waals surface area contributed by atoms with Gasteiger partial charge in [-0.3, -0.25) is 4.79 Å². The fourth-order valence-corrected chi connectivity index (χ4v) is 2.04. The number of aryl methyl sites for hydroxylation is 1. The quantitative estimate of drug-likeness (QED) is 0.855. The van der Waals surface area contributed by atoms with Crippen LogP contribution in [-0.4, -0.2) is 24.1 Å². The fraction of sp³-hybridized carbons (Fsp3) is 0.250. The Kier molecular flexibility index (Phi) is 4.83. The molecule has 1 aromatic heterocycles. The number of carboxylic acid groups (broad SMARTS) is 1. The van der Waals surface area contributed by atoms with Gasteiger partial charge in [-0.15, -0.1) is 0 Å². The molecule has 0 saturated heterocycles. The topological polar surface area (TPSA) is 88.8 Å². The first-order valence-corrected chi connectivity index (χ1v) is 6.82. The second-order valence-corrected chi connectivity index (χ2v) is 4.64. The molecule has 6 heteroatoms. The predicted octanol–water partition coefficient (Wildman–Crippen LogP) is 2.48. The largest absolute Gasteiger partial charge is 0.497 e. The summed E-state index contributed by atoms with van der Waals surface area (Å²) < 4.78 is 10.4. The molecular weight excluding hydrogens is 286 g/mol. The Bertz CT molecular complexity index is 690. The Labute approximate surface area is 127 Å². The van der Waals surface area contributed by atoms with Gasteiger partial charge in [0.25, 0.3) is 5.91 Å². The highest BCUT2D eigenvalue weighted by Gasteiger charge is 2.19. The van der Waals surface area contributed by atoms with Crippen molar-refractivity contribution in [3.05, 3.63) is 53.0 Å². The molecule has 2 N–H and O–H groups in total. The van der Waals surface area contributed by atoms with Gasteiger partial charge in [-0.2, -0.15) is 0 Å². The zero-order chi connectivity index (χ0) is 16.1. The van der Waals surface area contributed by atoms with Crippen LogP contribution in [0.3, 0.4) is 0 Å². The summed E-state index contributed by atoms with van der Waals surface area (Å²) in [5, 5.41) is 11.7. The van der Waals surface area contributed by atoms with E-state index in [9.17, 15) is 9.59 Å². The molecule has 0 aliphatic heterocycles. The molecule has 0 unspecified atom stereocenters. The van der Waals surface area contributed by atoms with E-state index < -0.39 is 11.9 Å². The number of ether oxygens (including phenoxy) is 1. The summed E-state index contributed by atoms with van der Waals surface area (Å²) in [6.07, 6.45) is 0.408. The molecule has 6 nitrogen and oxygen atoms in total. The second-order valence-electron chi connectivity index (χ2n) is 4.64. The van der Waals surface area contributed by atoms with Gasteiger partial charge in [-0.1, -0.05) is 19.1 Å². The van der Waals surface area contributed by atoms with E-state index in [-0.39, 0.29) is 11.3 Å². The summed E-state index contributed by atoms with van der Waals surface area (Å²) in [7, 11) is 1.57. The van der Waals surface area contributed by atoms with Crippen molar-refractivity contribution in [3.8, 4) is 5.75 Å². The molecule has 0 aliphatic carbocycles. The average molecular weight is 303 g/mol. The van der Waals surface area contributed by atoms with Crippen LogP contribution in [0.2, 0.25) is 0 Å². The molecule has 1 amide bonds. The van der Waals surface area contributed by atoms with E-state index in [1.54, 1.807) is 14.0 Å². The van der Waals surface area contributed by atoms with Gasteiger partial charge in [0.05, 0.1) is 7.11 Å². The second kappa shape index (κ2) is 6.80. The van der Waals surface area contributed by atoms with E-state index >= 15 is 0 Å². The summed E-state index contributed by atoms with van der Waals surface area (Å²) in [6.45, 7) is 2.06. The van der Waals surface area contributed by atoms with Crippen LogP contribution in [-0.2, 0) is 13.0 Å². The first-order chi connectivity index (χ1) is 10.5. The van der Waals surface area contributed by atoms with Gasteiger partial charge >= 0.3 is 5.97 Å². The van der Waals surface area contributed by atoms with Crippen LogP contribution in [0.5, 0.6) is 5.75 Å². The van der Waals surface area contributed by atoms with Crippen LogP contribution in [0.4, 0.5) is 0 Å². The lowest BCUT2D eigenvalue weighted by molar-refractivity contribution is 0.0694. The Morgan fingerprint density at radius 1 is 1.32 bits per heavy atom. The zero-order valence-corrected chi connectivity index (χ0v) is 12.4. The number of hydrogen-bond acceptors (Lipinski definition) is 4. The third-order valence-electron chi connectivity index (χ3n) is 3.17. The maximum atomic E-state index is 12.0. The lowest BCUT2D eigenvalue weighted by Gasteiger charge is -2.05. The van der Waals surface area contributed by atoms with Gasteiger partial charge in [0, 0.05) is 19.0 Å². The number of nitrogens with one attached hydrogen (secondary N) is 1. The van der Waals surface area contributed by atoms with Crippen molar-refractivity contribution >= 4 is 11.9 Å². The molecule has 2 aromatic rings. The van der Waals surface area contributed by atoms with E-state index in [4.69, 9.17) is 14.3 Å². The van der Waals surface area contributed by atoms with Crippen molar-refractivity contribution in [2.75, 3.05) is 7.11 Å². The van der Waals surface area contributed by atoms with E-state index in [0.717, 1.165) is 5.56 Å². The third kappa shape index (κ3) is 3.46. The minimum absolute atomic E-state index is 0.00264. The fourth-order valence-electron chi connectivity index (χ4n) is 2.04. The maximum Gasteiger partial charge on any atom is 0.339 e.